The summed E-state index contributed by atoms with van der Waals surface area (Å²) in [4.78, 5) is 0. The van der Waals surface area contributed by atoms with E-state index >= 15 is 0 Å². The summed E-state index contributed by atoms with van der Waals surface area (Å²) in [6, 6.07) is 5.69. The van der Waals surface area contributed by atoms with Crippen molar-refractivity contribution in [2.45, 2.75) is 57.5 Å². The summed E-state index contributed by atoms with van der Waals surface area (Å²) in [5.74, 6) is 1.54. The molecule has 0 saturated heterocycles. The normalized spacial score (nSPS) is 38.3. The topological polar surface area (TPSA) is 33.0 Å². The number of rotatable bonds is 1. The van der Waals surface area contributed by atoms with Crippen molar-refractivity contribution in [1.82, 2.24) is 0 Å². The Morgan fingerprint density at radius 1 is 1.26 bits per heavy atom. The van der Waals surface area contributed by atoms with Crippen LogP contribution in [0.15, 0.2) is 12.1 Å². The van der Waals surface area contributed by atoms with Crippen LogP contribution in [-0.2, 0) is 11.2 Å². The summed E-state index contributed by atoms with van der Waals surface area (Å²) in [5.41, 5.74) is 2.48. The standard InChI is InChI=1S/C20H24FNO/c1-20-10-9-14-13-4-3-12(11-22)19(21)16(13)6-5-15(14)17(20)7-8-18(20)23-2/h3-4,14-15,17-18H,5-10H2,1-2H3/t14?,15?,17?,18-,20-/m0/s1. The van der Waals surface area contributed by atoms with Crippen LogP contribution in [0.2, 0.25) is 0 Å². The molecule has 1 aromatic rings. The minimum Gasteiger partial charge on any atom is -0.381 e. The van der Waals surface area contributed by atoms with Gasteiger partial charge < -0.3 is 4.74 Å². The van der Waals surface area contributed by atoms with Crippen molar-refractivity contribution >= 4 is 0 Å². The van der Waals surface area contributed by atoms with Crippen LogP contribution in [0.5, 0.6) is 0 Å². The predicted octanol–water partition coefficient (Wildman–Crippen LogP) is 4.57. The third-order valence-corrected chi connectivity index (χ3v) is 7.16. The molecule has 3 aliphatic rings. The number of hydrogen-bond donors (Lipinski definition) is 0. The average molecular weight is 313 g/mol. The highest BCUT2D eigenvalue weighted by atomic mass is 19.1. The van der Waals surface area contributed by atoms with Crippen molar-refractivity contribution in [1.29, 1.82) is 5.26 Å². The van der Waals surface area contributed by atoms with Crippen LogP contribution in [0.1, 0.15) is 61.6 Å². The smallest absolute Gasteiger partial charge is 0.144 e. The first kappa shape index (κ1) is 15.1. The molecule has 0 amide bonds. The molecule has 0 bridgehead atoms. The Balaban J connectivity index is 1.71. The van der Waals surface area contributed by atoms with E-state index in [-0.39, 0.29) is 11.4 Å². The molecule has 3 aliphatic carbocycles. The number of fused-ring (bicyclic) bond motifs is 5. The first-order chi connectivity index (χ1) is 11.1. The fraction of sp³-hybridized carbons (Fsp3) is 0.650. The van der Waals surface area contributed by atoms with Crippen molar-refractivity contribution in [3.8, 4) is 6.07 Å². The maximum atomic E-state index is 14.5. The van der Waals surface area contributed by atoms with E-state index in [0.29, 0.717) is 29.3 Å². The molecule has 0 aromatic heterocycles. The Bertz CT molecular complexity index is 679. The zero-order valence-electron chi connectivity index (χ0n) is 13.9. The predicted molar refractivity (Wildman–Crippen MR) is 86.5 cm³/mol. The fourth-order valence-corrected chi connectivity index (χ4v) is 6.05. The summed E-state index contributed by atoms with van der Waals surface area (Å²) in [5, 5.41) is 9.06. The van der Waals surface area contributed by atoms with Crippen molar-refractivity contribution in [3.05, 3.63) is 34.6 Å². The average Bonchev–Trinajstić information content (AvgIpc) is 2.91. The van der Waals surface area contributed by atoms with Gasteiger partial charge in [0.05, 0.1) is 11.7 Å². The second kappa shape index (κ2) is 5.31. The highest BCUT2D eigenvalue weighted by molar-refractivity contribution is 5.43. The molecule has 0 aliphatic heterocycles. The summed E-state index contributed by atoms with van der Waals surface area (Å²) in [6.45, 7) is 2.41. The maximum absolute atomic E-state index is 14.5. The third-order valence-electron chi connectivity index (χ3n) is 7.16. The molecule has 2 nitrogen and oxygen atoms in total. The second-order valence-electron chi connectivity index (χ2n) is 7.87. The van der Waals surface area contributed by atoms with Crippen LogP contribution in [0, 0.1) is 34.4 Å². The van der Waals surface area contributed by atoms with Crippen molar-refractivity contribution < 1.29 is 9.13 Å². The van der Waals surface area contributed by atoms with Gasteiger partial charge in [-0.3, -0.25) is 0 Å². The van der Waals surface area contributed by atoms with Gasteiger partial charge in [0.25, 0.3) is 0 Å². The largest absolute Gasteiger partial charge is 0.381 e. The number of ether oxygens (including phenoxy) is 1. The highest BCUT2D eigenvalue weighted by Crippen LogP contribution is 2.61. The number of halogens is 1. The van der Waals surface area contributed by atoms with E-state index in [1.165, 1.54) is 18.4 Å². The van der Waals surface area contributed by atoms with E-state index in [1.807, 2.05) is 19.2 Å². The van der Waals surface area contributed by atoms with E-state index in [2.05, 4.69) is 6.92 Å². The van der Waals surface area contributed by atoms with Crippen molar-refractivity contribution in [2.24, 2.45) is 17.3 Å². The summed E-state index contributed by atoms with van der Waals surface area (Å²) < 4.78 is 20.3. The molecular weight excluding hydrogens is 289 g/mol. The molecule has 4 rings (SSSR count). The van der Waals surface area contributed by atoms with Gasteiger partial charge in [-0.25, -0.2) is 4.39 Å². The molecule has 1 aromatic carbocycles. The molecule has 2 saturated carbocycles. The van der Waals surface area contributed by atoms with Gasteiger partial charge in [0.15, 0.2) is 0 Å². The molecule has 2 fully saturated rings. The van der Waals surface area contributed by atoms with Gasteiger partial charge in [-0.05, 0) is 78.9 Å². The van der Waals surface area contributed by atoms with Gasteiger partial charge in [0.2, 0.25) is 0 Å². The van der Waals surface area contributed by atoms with Crippen LogP contribution in [0.4, 0.5) is 4.39 Å². The van der Waals surface area contributed by atoms with Gasteiger partial charge in [0.1, 0.15) is 11.9 Å². The van der Waals surface area contributed by atoms with Crippen LogP contribution in [0.25, 0.3) is 0 Å². The molecule has 23 heavy (non-hydrogen) atoms. The number of benzene rings is 1. The number of hydrogen-bond acceptors (Lipinski definition) is 2. The SMILES string of the molecule is CO[C@H]1CCC2C3CCc4c(ccc(C#N)c4F)C3CC[C@@]21C. The molecule has 5 atom stereocenters. The van der Waals surface area contributed by atoms with E-state index in [4.69, 9.17) is 10.00 Å². The first-order valence-corrected chi connectivity index (χ1v) is 8.84. The van der Waals surface area contributed by atoms with Crippen LogP contribution >= 0.6 is 0 Å². The zero-order chi connectivity index (χ0) is 16.2. The van der Waals surface area contributed by atoms with Crippen LogP contribution < -0.4 is 0 Å². The number of methoxy groups -OCH3 is 1. The van der Waals surface area contributed by atoms with Gasteiger partial charge in [0, 0.05) is 7.11 Å². The van der Waals surface area contributed by atoms with Crippen LogP contribution in [0.3, 0.4) is 0 Å². The Hall–Kier alpha value is -1.40. The maximum Gasteiger partial charge on any atom is 0.144 e. The molecule has 3 unspecified atom stereocenters. The summed E-state index contributed by atoms with van der Waals surface area (Å²) in [7, 11) is 1.85. The third kappa shape index (κ3) is 2.01. The van der Waals surface area contributed by atoms with Gasteiger partial charge in [-0.1, -0.05) is 13.0 Å². The molecular formula is C20H24FNO. The fourth-order valence-electron chi connectivity index (χ4n) is 6.05. The number of nitrogens with zero attached hydrogens (tertiary/aromatic N) is 1. The molecule has 0 heterocycles. The second-order valence-corrected chi connectivity index (χ2v) is 7.87. The molecule has 0 radical (unpaired) electrons. The molecule has 122 valence electrons. The Kier molecular flexibility index (Phi) is 3.50. The molecule has 0 spiro atoms. The van der Waals surface area contributed by atoms with Crippen molar-refractivity contribution in [2.75, 3.05) is 7.11 Å². The Morgan fingerprint density at radius 3 is 2.83 bits per heavy atom. The Labute approximate surface area is 137 Å². The van der Waals surface area contributed by atoms with Crippen LogP contribution in [-0.4, -0.2) is 13.2 Å². The van der Waals surface area contributed by atoms with Gasteiger partial charge >= 0.3 is 0 Å². The lowest BCUT2D eigenvalue weighted by Crippen LogP contribution is -2.44. The number of nitriles is 1. The quantitative estimate of drug-likeness (QED) is 0.761. The monoisotopic (exact) mass is 313 g/mol. The van der Waals surface area contributed by atoms with E-state index in [9.17, 15) is 4.39 Å². The van der Waals surface area contributed by atoms with E-state index in [1.54, 1.807) is 6.07 Å². The van der Waals surface area contributed by atoms with Crippen molar-refractivity contribution in [3.63, 3.8) is 0 Å². The highest BCUT2D eigenvalue weighted by Gasteiger charge is 2.55. The lowest BCUT2D eigenvalue weighted by Gasteiger charge is -2.50. The summed E-state index contributed by atoms with van der Waals surface area (Å²) >= 11 is 0. The van der Waals surface area contributed by atoms with E-state index in [0.717, 1.165) is 31.2 Å². The minimum atomic E-state index is -0.266. The first-order valence-electron chi connectivity index (χ1n) is 8.84. The summed E-state index contributed by atoms with van der Waals surface area (Å²) in [6.07, 6.45) is 6.91. The minimum absolute atomic E-state index is 0.197. The molecule has 3 heteroatoms. The van der Waals surface area contributed by atoms with E-state index < -0.39 is 0 Å². The lowest BCUT2D eigenvalue weighted by molar-refractivity contribution is -0.0445. The lowest BCUT2D eigenvalue weighted by atomic mass is 9.55. The molecule has 0 N–H and O–H groups in total. The van der Waals surface area contributed by atoms with Gasteiger partial charge in [-0.2, -0.15) is 5.26 Å². The van der Waals surface area contributed by atoms with Gasteiger partial charge in [-0.15, -0.1) is 0 Å². The zero-order valence-corrected chi connectivity index (χ0v) is 13.9. The Morgan fingerprint density at radius 2 is 2.09 bits per heavy atom.